The average molecular weight is 283 g/mol. The van der Waals surface area contributed by atoms with Crippen molar-refractivity contribution in [3.05, 3.63) is 0 Å². The standard InChI is InChI=1S/C14H25N3O3/c18-13(11-2-1-3-12(10-11)14(19)20)16-6-9-17-7-4-15-5-8-17/h11-12,15H,1-10H2,(H,16,18)(H,19,20). The zero-order chi connectivity index (χ0) is 14.4. The summed E-state index contributed by atoms with van der Waals surface area (Å²) in [6.45, 7) is 5.62. The number of rotatable bonds is 5. The summed E-state index contributed by atoms with van der Waals surface area (Å²) in [5.41, 5.74) is 0. The maximum atomic E-state index is 12.1. The molecule has 6 heteroatoms. The molecule has 1 saturated carbocycles. The van der Waals surface area contributed by atoms with E-state index < -0.39 is 5.97 Å². The summed E-state index contributed by atoms with van der Waals surface area (Å²) in [6, 6.07) is 0. The van der Waals surface area contributed by atoms with E-state index in [1.807, 2.05) is 0 Å². The molecule has 2 rings (SSSR count). The number of hydrogen-bond donors (Lipinski definition) is 3. The monoisotopic (exact) mass is 283 g/mol. The smallest absolute Gasteiger partial charge is 0.306 e. The highest BCUT2D eigenvalue weighted by Crippen LogP contribution is 2.29. The first kappa shape index (κ1) is 15.3. The van der Waals surface area contributed by atoms with Crippen LogP contribution in [-0.2, 0) is 9.59 Å². The highest BCUT2D eigenvalue weighted by Gasteiger charge is 2.30. The van der Waals surface area contributed by atoms with Gasteiger partial charge in [0, 0.05) is 45.2 Å². The Balaban J connectivity index is 1.67. The molecule has 2 atom stereocenters. The first-order valence-corrected chi connectivity index (χ1v) is 7.60. The Morgan fingerprint density at radius 1 is 1.20 bits per heavy atom. The van der Waals surface area contributed by atoms with E-state index in [4.69, 9.17) is 5.11 Å². The molecule has 0 aromatic carbocycles. The molecule has 1 saturated heterocycles. The molecule has 2 aliphatic rings. The van der Waals surface area contributed by atoms with Gasteiger partial charge in [0.1, 0.15) is 0 Å². The van der Waals surface area contributed by atoms with Crippen molar-refractivity contribution in [1.29, 1.82) is 0 Å². The quantitative estimate of drug-likeness (QED) is 0.656. The van der Waals surface area contributed by atoms with Gasteiger partial charge in [-0.1, -0.05) is 6.42 Å². The van der Waals surface area contributed by atoms with Gasteiger partial charge in [0.2, 0.25) is 5.91 Å². The summed E-state index contributed by atoms with van der Waals surface area (Å²) in [4.78, 5) is 25.4. The van der Waals surface area contributed by atoms with Crippen molar-refractivity contribution in [3.63, 3.8) is 0 Å². The van der Waals surface area contributed by atoms with E-state index in [9.17, 15) is 9.59 Å². The van der Waals surface area contributed by atoms with Crippen LogP contribution >= 0.6 is 0 Å². The number of carboxylic acids is 1. The van der Waals surface area contributed by atoms with Gasteiger partial charge < -0.3 is 15.7 Å². The maximum absolute atomic E-state index is 12.1. The molecule has 0 radical (unpaired) electrons. The van der Waals surface area contributed by atoms with Crippen molar-refractivity contribution < 1.29 is 14.7 Å². The number of carboxylic acid groups (broad SMARTS) is 1. The van der Waals surface area contributed by atoms with Gasteiger partial charge in [-0.25, -0.2) is 0 Å². The van der Waals surface area contributed by atoms with Crippen LogP contribution in [0.2, 0.25) is 0 Å². The van der Waals surface area contributed by atoms with E-state index >= 15 is 0 Å². The molecule has 1 amide bonds. The minimum atomic E-state index is -0.761. The van der Waals surface area contributed by atoms with Crippen LogP contribution in [0.25, 0.3) is 0 Å². The van der Waals surface area contributed by atoms with Crippen LogP contribution < -0.4 is 10.6 Å². The van der Waals surface area contributed by atoms with Crippen LogP contribution in [0.4, 0.5) is 0 Å². The molecule has 20 heavy (non-hydrogen) atoms. The normalized spacial score (nSPS) is 28.0. The fourth-order valence-electron chi connectivity index (χ4n) is 3.07. The molecular formula is C14H25N3O3. The van der Waals surface area contributed by atoms with E-state index in [0.717, 1.165) is 45.6 Å². The van der Waals surface area contributed by atoms with Crippen molar-refractivity contribution in [3.8, 4) is 0 Å². The van der Waals surface area contributed by atoms with E-state index in [-0.39, 0.29) is 17.7 Å². The van der Waals surface area contributed by atoms with E-state index in [1.54, 1.807) is 0 Å². The molecule has 2 unspecified atom stereocenters. The average Bonchev–Trinajstić information content (AvgIpc) is 2.48. The molecule has 0 bridgehead atoms. The van der Waals surface area contributed by atoms with Crippen molar-refractivity contribution in [2.75, 3.05) is 39.3 Å². The van der Waals surface area contributed by atoms with Crippen LogP contribution in [0.3, 0.4) is 0 Å². The Morgan fingerprint density at radius 3 is 2.60 bits per heavy atom. The zero-order valence-electron chi connectivity index (χ0n) is 11.9. The summed E-state index contributed by atoms with van der Waals surface area (Å²) in [7, 11) is 0. The predicted molar refractivity (Wildman–Crippen MR) is 75.4 cm³/mol. The maximum Gasteiger partial charge on any atom is 0.306 e. The molecule has 0 spiro atoms. The topological polar surface area (TPSA) is 81.7 Å². The molecule has 0 aromatic heterocycles. The number of carbonyl (C=O) groups excluding carboxylic acids is 1. The first-order valence-electron chi connectivity index (χ1n) is 7.60. The Bertz CT molecular complexity index is 343. The SMILES string of the molecule is O=C(O)C1CCCC(C(=O)NCCN2CCNCC2)C1. The largest absolute Gasteiger partial charge is 0.481 e. The van der Waals surface area contributed by atoms with Crippen molar-refractivity contribution >= 4 is 11.9 Å². The fourth-order valence-corrected chi connectivity index (χ4v) is 3.07. The highest BCUT2D eigenvalue weighted by atomic mass is 16.4. The number of carbonyl (C=O) groups is 2. The Kier molecular flexibility index (Phi) is 5.79. The molecule has 1 aliphatic heterocycles. The molecule has 1 heterocycles. The summed E-state index contributed by atoms with van der Waals surface area (Å²) in [5, 5.41) is 15.3. The second kappa shape index (κ2) is 7.59. The van der Waals surface area contributed by atoms with Crippen molar-refractivity contribution in [2.45, 2.75) is 25.7 Å². The van der Waals surface area contributed by atoms with Gasteiger partial charge in [-0.3, -0.25) is 14.5 Å². The third kappa shape index (κ3) is 4.45. The Hall–Kier alpha value is -1.14. The van der Waals surface area contributed by atoms with Crippen molar-refractivity contribution in [2.24, 2.45) is 11.8 Å². The van der Waals surface area contributed by atoms with Gasteiger partial charge in [-0.2, -0.15) is 0 Å². The number of nitrogens with one attached hydrogen (secondary N) is 2. The van der Waals surface area contributed by atoms with Gasteiger partial charge in [-0.05, 0) is 19.3 Å². The van der Waals surface area contributed by atoms with Crippen LogP contribution in [0.15, 0.2) is 0 Å². The molecule has 1 aliphatic carbocycles. The van der Waals surface area contributed by atoms with E-state index in [2.05, 4.69) is 15.5 Å². The highest BCUT2D eigenvalue weighted by molar-refractivity contribution is 5.80. The Labute approximate surface area is 119 Å². The third-order valence-corrected chi connectivity index (χ3v) is 4.33. The fraction of sp³-hybridized carbons (Fsp3) is 0.857. The van der Waals surface area contributed by atoms with Gasteiger partial charge in [0.25, 0.3) is 0 Å². The molecule has 2 fully saturated rings. The number of nitrogens with zero attached hydrogens (tertiary/aromatic N) is 1. The summed E-state index contributed by atoms with van der Waals surface area (Å²) < 4.78 is 0. The molecule has 114 valence electrons. The molecule has 6 nitrogen and oxygen atoms in total. The van der Waals surface area contributed by atoms with Gasteiger partial charge in [0.05, 0.1) is 5.92 Å². The number of piperazine rings is 1. The first-order chi connectivity index (χ1) is 9.66. The minimum absolute atomic E-state index is 0.0334. The number of amides is 1. The lowest BCUT2D eigenvalue weighted by Crippen LogP contribution is -2.47. The zero-order valence-corrected chi connectivity index (χ0v) is 11.9. The summed E-state index contributed by atoms with van der Waals surface area (Å²) in [5.74, 6) is -1.19. The molecule has 0 aromatic rings. The Morgan fingerprint density at radius 2 is 1.90 bits per heavy atom. The van der Waals surface area contributed by atoms with E-state index in [0.29, 0.717) is 19.4 Å². The second-order valence-corrected chi connectivity index (χ2v) is 5.78. The van der Waals surface area contributed by atoms with Gasteiger partial charge >= 0.3 is 5.97 Å². The van der Waals surface area contributed by atoms with Crippen LogP contribution in [0, 0.1) is 11.8 Å². The summed E-state index contributed by atoms with van der Waals surface area (Å²) >= 11 is 0. The molecule has 3 N–H and O–H groups in total. The van der Waals surface area contributed by atoms with E-state index in [1.165, 1.54) is 0 Å². The second-order valence-electron chi connectivity index (χ2n) is 5.78. The lowest BCUT2D eigenvalue weighted by atomic mass is 9.81. The van der Waals surface area contributed by atoms with Gasteiger partial charge in [-0.15, -0.1) is 0 Å². The summed E-state index contributed by atoms with van der Waals surface area (Å²) in [6.07, 6.45) is 2.87. The van der Waals surface area contributed by atoms with Crippen LogP contribution in [0.1, 0.15) is 25.7 Å². The third-order valence-electron chi connectivity index (χ3n) is 4.33. The van der Waals surface area contributed by atoms with Crippen LogP contribution in [0.5, 0.6) is 0 Å². The lowest BCUT2D eigenvalue weighted by molar-refractivity contribution is -0.144. The van der Waals surface area contributed by atoms with Crippen molar-refractivity contribution in [1.82, 2.24) is 15.5 Å². The lowest BCUT2D eigenvalue weighted by Gasteiger charge is -2.28. The molecular weight excluding hydrogens is 258 g/mol. The predicted octanol–water partition coefficient (Wildman–Crippen LogP) is -0.101. The van der Waals surface area contributed by atoms with Gasteiger partial charge in [0.15, 0.2) is 0 Å². The number of hydrogen-bond acceptors (Lipinski definition) is 4. The minimum Gasteiger partial charge on any atom is -0.481 e. The number of aliphatic carboxylic acids is 1. The van der Waals surface area contributed by atoms with Crippen LogP contribution in [-0.4, -0.2) is 61.2 Å².